The van der Waals surface area contributed by atoms with Crippen molar-refractivity contribution >= 4 is 93.7 Å². The van der Waals surface area contributed by atoms with E-state index in [9.17, 15) is 0 Å². The molecule has 0 unspecified atom stereocenters. The number of benzene rings is 9. The fraction of sp³-hybridized carbons (Fsp3) is 0. The van der Waals surface area contributed by atoms with E-state index in [0.717, 1.165) is 99.6 Å². The van der Waals surface area contributed by atoms with Gasteiger partial charge in [0.15, 0.2) is 5.58 Å². The first-order valence-corrected chi connectivity index (χ1v) is 18.9. The lowest BCUT2D eigenvalue weighted by atomic mass is 9.94. The number of rotatable bonds is 5. The first-order valence-electron chi connectivity index (χ1n) is 18.9. The summed E-state index contributed by atoms with van der Waals surface area (Å²) in [6.45, 7) is 0. The molecule has 0 spiro atoms. The Kier molecular flexibility index (Phi) is 6.60. The summed E-state index contributed by atoms with van der Waals surface area (Å²) in [7, 11) is 0. The Morgan fingerprint density at radius 2 is 0.946 bits per heavy atom. The number of furan rings is 3. The molecular weight excluding hydrogens is 687 g/mol. The van der Waals surface area contributed by atoms with Gasteiger partial charge in [-0.1, -0.05) is 133 Å². The van der Waals surface area contributed by atoms with Crippen LogP contribution < -0.4 is 4.90 Å². The first-order chi connectivity index (χ1) is 27.8. The highest BCUT2D eigenvalue weighted by atomic mass is 16.3. The van der Waals surface area contributed by atoms with Crippen LogP contribution in [0.25, 0.3) is 98.8 Å². The molecule has 4 heteroatoms. The maximum Gasteiger partial charge on any atom is 0.159 e. The number of fused-ring (bicyclic) bond motifs is 10. The van der Waals surface area contributed by atoms with Crippen molar-refractivity contribution in [3.05, 3.63) is 188 Å². The van der Waals surface area contributed by atoms with Crippen molar-refractivity contribution in [1.29, 1.82) is 0 Å². The van der Waals surface area contributed by atoms with Crippen LogP contribution in [-0.4, -0.2) is 0 Å². The topological polar surface area (TPSA) is 42.7 Å². The molecule has 9 aromatic carbocycles. The summed E-state index contributed by atoms with van der Waals surface area (Å²) in [5.74, 6) is 0. The summed E-state index contributed by atoms with van der Waals surface area (Å²) in [5, 5.41) is 8.59. The summed E-state index contributed by atoms with van der Waals surface area (Å²) >= 11 is 0. The van der Waals surface area contributed by atoms with Crippen LogP contribution in [0.1, 0.15) is 0 Å². The second kappa shape index (κ2) is 12.0. The zero-order chi connectivity index (χ0) is 36.7. The van der Waals surface area contributed by atoms with Crippen LogP contribution in [0.2, 0.25) is 0 Å². The smallest absolute Gasteiger partial charge is 0.159 e. The van der Waals surface area contributed by atoms with E-state index in [1.807, 2.05) is 30.3 Å². The number of anilines is 3. The number of hydrogen-bond acceptors (Lipinski definition) is 4. The third-order valence-corrected chi connectivity index (χ3v) is 11.2. The quantitative estimate of drug-likeness (QED) is 0.178. The van der Waals surface area contributed by atoms with Crippen LogP contribution in [0.4, 0.5) is 17.1 Å². The predicted octanol–water partition coefficient (Wildman–Crippen LogP) is 15.3. The molecule has 4 nitrogen and oxygen atoms in total. The van der Waals surface area contributed by atoms with Gasteiger partial charge in [-0.05, 0) is 82.1 Å². The van der Waals surface area contributed by atoms with E-state index < -0.39 is 0 Å². The maximum atomic E-state index is 7.06. The average molecular weight is 718 g/mol. The summed E-state index contributed by atoms with van der Waals surface area (Å²) < 4.78 is 20.4. The zero-order valence-corrected chi connectivity index (χ0v) is 30.1. The van der Waals surface area contributed by atoms with E-state index in [-0.39, 0.29) is 0 Å². The molecule has 3 heterocycles. The van der Waals surface area contributed by atoms with Crippen molar-refractivity contribution in [3.8, 4) is 22.3 Å². The van der Waals surface area contributed by atoms with Gasteiger partial charge < -0.3 is 18.2 Å². The second-order valence-corrected chi connectivity index (χ2v) is 14.4. The van der Waals surface area contributed by atoms with Crippen molar-refractivity contribution in [3.63, 3.8) is 0 Å². The minimum absolute atomic E-state index is 0.791. The van der Waals surface area contributed by atoms with Gasteiger partial charge in [0.25, 0.3) is 0 Å². The van der Waals surface area contributed by atoms with Crippen LogP contribution in [0.3, 0.4) is 0 Å². The Labute approximate surface area is 321 Å². The Balaban J connectivity index is 1.17. The van der Waals surface area contributed by atoms with Gasteiger partial charge in [-0.25, -0.2) is 0 Å². The van der Waals surface area contributed by atoms with Gasteiger partial charge in [0, 0.05) is 38.2 Å². The highest BCUT2D eigenvalue weighted by Crippen LogP contribution is 2.50. The van der Waals surface area contributed by atoms with Crippen molar-refractivity contribution < 1.29 is 13.3 Å². The molecule has 0 fully saturated rings. The SMILES string of the molecule is c1ccc(-c2ccc(N(c3cccc4c3oc3ccccc34)c3cccc4oc5c(-c6ccc7ccccc7c6)c6c(cc5c34)oc3ccccc36)cc2)cc1. The Morgan fingerprint density at radius 1 is 0.321 bits per heavy atom. The van der Waals surface area contributed by atoms with Crippen LogP contribution in [0.5, 0.6) is 0 Å². The van der Waals surface area contributed by atoms with Gasteiger partial charge in [0.1, 0.15) is 27.9 Å². The minimum Gasteiger partial charge on any atom is -0.456 e. The molecule has 0 saturated carbocycles. The summed E-state index contributed by atoms with van der Waals surface area (Å²) in [5.41, 5.74) is 12.3. The van der Waals surface area contributed by atoms with E-state index in [0.29, 0.717) is 0 Å². The lowest BCUT2D eigenvalue weighted by molar-refractivity contribution is 0.664. The molecule has 12 rings (SSSR count). The molecular formula is C52H31NO3. The molecule has 3 aromatic heterocycles. The molecule has 0 aliphatic heterocycles. The van der Waals surface area contributed by atoms with Gasteiger partial charge in [-0.2, -0.15) is 0 Å². The molecule has 56 heavy (non-hydrogen) atoms. The predicted molar refractivity (Wildman–Crippen MR) is 231 cm³/mol. The van der Waals surface area contributed by atoms with Gasteiger partial charge >= 0.3 is 0 Å². The molecule has 0 atom stereocenters. The number of nitrogens with zero attached hydrogens (tertiary/aromatic N) is 1. The van der Waals surface area contributed by atoms with E-state index in [1.165, 1.54) is 16.3 Å². The molecule has 0 bridgehead atoms. The zero-order valence-electron chi connectivity index (χ0n) is 30.1. The van der Waals surface area contributed by atoms with E-state index in [4.69, 9.17) is 13.3 Å². The average Bonchev–Trinajstić information content (AvgIpc) is 3.95. The third kappa shape index (κ3) is 4.60. The Bertz CT molecular complexity index is 3480. The number of hydrogen-bond donors (Lipinski definition) is 0. The monoisotopic (exact) mass is 717 g/mol. The van der Waals surface area contributed by atoms with Crippen molar-refractivity contribution in [2.75, 3.05) is 4.90 Å². The van der Waals surface area contributed by atoms with Crippen LogP contribution >= 0.6 is 0 Å². The fourth-order valence-corrected chi connectivity index (χ4v) is 8.70. The lowest BCUT2D eigenvalue weighted by Gasteiger charge is -2.26. The van der Waals surface area contributed by atoms with Crippen molar-refractivity contribution in [2.45, 2.75) is 0 Å². The van der Waals surface area contributed by atoms with Crippen LogP contribution in [0.15, 0.2) is 201 Å². The van der Waals surface area contributed by atoms with Crippen molar-refractivity contribution in [1.82, 2.24) is 0 Å². The van der Waals surface area contributed by atoms with Gasteiger partial charge in [0.05, 0.1) is 16.8 Å². The van der Waals surface area contributed by atoms with Crippen molar-refractivity contribution in [2.24, 2.45) is 0 Å². The van der Waals surface area contributed by atoms with E-state index in [2.05, 4.69) is 163 Å². The molecule has 0 aliphatic carbocycles. The number of para-hydroxylation sites is 3. The lowest BCUT2D eigenvalue weighted by Crippen LogP contribution is -2.10. The standard InChI is InChI=1S/C52H31NO3/c1-2-12-32(13-3-1)34-26-28-37(29-27-34)53(43-20-10-18-39-38-16-6-8-21-44(38)55-51(39)43)42-19-11-23-46-49(42)41-31-47-50(40-17-7-9-22-45(40)54-47)48(52(41)56-46)36-25-24-33-14-4-5-15-35(33)30-36/h1-31H. The highest BCUT2D eigenvalue weighted by Gasteiger charge is 2.26. The van der Waals surface area contributed by atoms with E-state index in [1.54, 1.807) is 0 Å². The largest absolute Gasteiger partial charge is 0.456 e. The summed E-state index contributed by atoms with van der Waals surface area (Å²) in [6.07, 6.45) is 0. The minimum atomic E-state index is 0.791. The molecule has 12 aromatic rings. The fourth-order valence-electron chi connectivity index (χ4n) is 8.70. The van der Waals surface area contributed by atoms with Gasteiger partial charge in [-0.3, -0.25) is 0 Å². The molecule has 262 valence electrons. The Hall–Kier alpha value is -7.56. The third-order valence-electron chi connectivity index (χ3n) is 11.2. The highest BCUT2D eigenvalue weighted by molar-refractivity contribution is 6.26. The summed E-state index contributed by atoms with van der Waals surface area (Å²) in [4.78, 5) is 2.31. The normalized spacial score (nSPS) is 11.9. The first kappa shape index (κ1) is 30.9. The second-order valence-electron chi connectivity index (χ2n) is 14.4. The molecule has 0 aliphatic rings. The molecule has 0 amide bonds. The Morgan fingerprint density at radius 3 is 1.80 bits per heavy atom. The molecule has 0 saturated heterocycles. The van der Waals surface area contributed by atoms with Gasteiger partial charge in [0.2, 0.25) is 0 Å². The van der Waals surface area contributed by atoms with Crippen LogP contribution in [0, 0.1) is 0 Å². The summed E-state index contributed by atoms with van der Waals surface area (Å²) in [6, 6.07) is 65.9. The van der Waals surface area contributed by atoms with E-state index >= 15 is 0 Å². The maximum absolute atomic E-state index is 7.06. The van der Waals surface area contributed by atoms with Crippen LogP contribution in [-0.2, 0) is 0 Å². The molecule has 0 N–H and O–H groups in total. The van der Waals surface area contributed by atoms with Gasteiger partial charge in [-0.15, -0.1) is 0 Å². The molecule has 0 radical (unpaired) electrons.